The molecule has 0 aliphatic rings. The van der Waals surface area contributed by atoms with Crippen molar-refractivity contribution in [1.29, 1.82) is 0 Å². The summed E-state index contributed by atoms with van der Waals surface area (Å²) in [5.74, 6) is -0.0842. The molecule has 0 aliphatic carbocycles. The lowest BCUT2D eigenvalue weighted by molar-refractivity contribution is -0.143. The number of hydrogen-bond acceptors (Lipinski definition) is 5. The van der Waals surface area contributed by atoms with E-state index in [9.17, 15) is 19.8 Å². The number of esters is 1. The fourth-order valence-corrected chi connectivity index (χ4v) is 9.69. The fourth-order valence-electron chi connectivity index (χ4n) is 9.69. The van der Waals surface area contributed by atoms with Crippen LogP contribution < -0.4 is 5.32 Å². The largest absolute Gasteiger partial charge is 0.466 e. The monoisotopic (exact) mass is 972 g/mol. The maximum absolute atomic E-state index is 12.5. The van der Waals surface area contributed by atoms with Crippen LogP contribution in [0.1, 0.15) is 341 Å². The minimum atomic E-state index is -0.856. The molecule has 0 aromatic rings. The minimum absolute atomic E-state index is 0.00257. The third-order valence-electron chi connectivity index (χ3n) is 14.5. The van der Waals surface area contributed by atoms with Crippen LogP contribution in [0.4, 0.5) is 0 Å². The number of aliphatic hydroxyl groups is 2. The van der Waals surface area contributed by atoms with Crippen LogP contribution in [0.3, 0.4) is 0 Å². The van der Waals surface area contributed by atoms with Crippen molar-refractivity contribution in [1.82, 2.24) is 5.32 Å². The first-order chi connectivity index (χ1) is 34.0. The number of carbonyl (C=O) groups is 2. The quantitative estimate of drug-likeness (QED) is 0.0321. The molecule has 0 fully saturated rings. The van der Waals surface area contributed by atoms with Gasteiger partial charge in [0.05, 0.1) is 25.4 Å². The number of carbonyl (C=O) groups excluding carboxylic acids is 2. The van der Waals surface area contributed by atoms with Crippen LogP contribution in [0.2, 0.25) is 0 Å². The van der Waals surface area contributed by atoms with Crippen LogP contribution >= 0.6 is 0 Å². The first-order valence-electron chi connectivity index (χ1n) is 31.1. The zero-order valence-electron chi connectivity index (χ0n) is 46.6. The van der Waals surface area contributed by atoms with Gasteiger partial charge in [-0.3, -0.25) is 9.59 Å². The van der Waals surface area contributed by atoms with Crippen LogP contribution in [0.5, 0.6) is 0 Å². The number of allylic oxidation sites excluding steroid dienone is 3. The Kier molecular flexibility index (Phi) is 57.5. The first-order valence-corrected chi connectivity index (χ1v) is 31.1. The van der Waals surface area contributed by atoms with Crippen molar-refractivity contribution in [2.24, 2.45) is 0 Å². The van der Waals surface area contributed by atoms with Crippen molar-refractivity contribution >= 4 is 11.9 Å². The van der Waals surface area contributed by atoms with Crippen LogP contribution in [0.25, 0.3) is 0 Å². The third kappa shape index (κ3) is 55.5. The van der Waals surface area contributed by atoms with Crippen molar-refractivity contribution < 1.29 is 24.5 Å². The van der Waals surface area contributed by atoms with E-state index in [-0.39, 0.29) is 18.5 Å². The number of rotatable bonds is 58. The molecule has 408 valence electrons. The van der Waals surface area contributed by atoms with E-state index < -0.39 is 12.1 Å². The molecule has 0 aromatic carbocycles. The normalized spacial score (nSPS) is 12.7. The summed E-state index contributed by atoms with van der Waals surface area (Å²) in [7, 11) is 0. The molecule has 6 nitrogen and oxygen atoms in total. The molecule has 0 radical (unpaired) electrons. The molecule has 0 rings (SSSR count). The van der Waals surface area contributed by atoms with Crippen molar-refractivity contribution in [3.63, 3.8) is 0 Å². The summed E-state index contributed by atoms with van der Waals surface area (Å²) in [5.41, 5.74) is 0. The molecule has 2 unspecified atom stereocenters. The highest BCUT2D eigenvalue weighted by Gasteiger charge is 2.18. The van der Waals surface area contributed by atoms with Crippen LogP contribution in [-0.2, 0) is 14.3 Å². The molecule has 69 heavy (non-hydrogen) atoms. The second kappa shape index (κ2) is 58.9. The van der Waals surface area contributed by atoms with Crippen LogP contribution in [0.15, 0.2) is 24.3 Å². The van der Waals surface area contributed by atoms with Gasteiger partial charge < -0.3 is 20.3 Å². The molecule has 0 heterocycles. The summed E-state index contributed by atoms with van der Waals surface area (Å²) >= 11 is 0. The average molecular weight is 973 g/mol. The Morgan fingerprint density at radius 3 is 1.03 bits per heavy atom. The van der Waals surface area contributed by atoms with E-state index in [0.29, 0.717) is 19.4 Å². The lowest BCUT2D eigenvalue weighted by Gasteiger charge is -2.20. The van der Waals surface area contributed by atoms with Crippen molar-refractivity contribution in [3.8, 4) is 0 Å². The van der Waals surface area contributed by atoms with Gasteiger partial charge in [0.25, 0.3) is 0 Å². The molecule has 0 saturated carbocycles. The Balaban J connectivity index is 3.49. The van der Waals surface area contributed by atoms with Crippen molar-refractivity contribution in [2.45, 2.75) is 353 Å². The molecule has 0 aliphatic heterocycles. The summed E-state index contributed by atoms with van der Waals surface area (Å²) in [6.07, 6.45) is 72.1. The average Bonchev–Trinajstić information content (AvgIpc) is 3.35. The number of amides is 1. The van der Waals surface area contributed by atoms with E-state index in [0.717, 1.165) is 64.2 Å². The van der Waals surface area contributed by atoms with Gasteiger partial charge in [0, 0.05) is 12.8 Å². The van der Waals surface area contributed by atoms with Gasteiger partial charge >= 0.3 is 5.97 Å². The molecule has 3 N–H and O–H groups in total. The van der Waals surface area contributed by atoms with Gasteiger partial charge in [-0.25, -0.2) is 0 Å². The highest BCUT2D eigenvalue weighted by atomic mass is 16.5. The summed E-state index contributed by atoms with van der Waals surface area (Å²) in [4.78, 5) is 24.5. The van der Waals surface area contributed by atoms with E-state index in [1.165, 1.54) is 250 Å². The predicted octanol–water partition coefficient (Wildman–Crippen LogP) is 19.4. The number of ether oxygens (including phenoxy) is 1. The molecule has 0 spiro atoms. The van der Waals surface area contributed by atoms with E-state index in [1.54, 1.807) is 6.08 Å². The summed E-state index contributed by atoms with van der Waals surface area (Å²) in [6, 6.07) is -0.641. The smallest absolute Gasteiger partial charge is 0.305 e. The zero-order valence-corrected chi connectivity index (χ0v) is 46.6. The summed E-state index contributed by atoms with van der Waals surface area (Å²) < 4.78 is 5.46. The Labute approximate surface area is 431 Å². The number of unbranched alkanes of at least 4 members (excludes halogenated alkanes) is 45. The van der Waals surface area contributed by atoms with Gasteiger partial charge in [0.1, 0.15) is 0 Å². The number of nitrogens with one attached hydrogen (secondary N) is 1. The summed E-state index contributed by atoms with van der Waals surface area (Å²) in [5, 5.41) is 23.2. The molecule has 6 heteroatoms. The molecular weight excluding hydrogens is 851 g/mol. The Morgan fingerprint density at radius 1 is 0.391 bits per heavy atom. The van der Waals surface area contributed by atoms with E-state index in [2.05, 4.69) is 31.3 Å². The zero-order chi connectivity index (χ0) is 50.0. The maximum Gasteiger partial charge on any atom is 0.305 e. The molecule has 0 saturated heterocycles. The number of hydrogen-bond donors (Lipinski definition) is 3. The van der Waals surface area contributed by atoms with Crippen LogP contribution in [-0.4, -0.2) is 47.4 Å². The standard InChI is InChI=1S/C63H121NO5/c1-3-5-7-9-11-13-15-17-18-19-20-21-22-23-24-25-26-29-32-35-39-43-47-51-55-61(66)60(59-65)64-62(67)56-52-48-44-40-36-33-30-27-28-31-34-38-42-46-50-54-58-69-63(68)57-53-49-45-41-37-16-14-12-10-8-6-4-2/h27,30,51,55,60-61,65-66H,3-26,28-29,31-50,52-54,56-59H2,1-2H3,(H,64,67)/b30-27-,55-51+. The van der Waals surface area contributed by atoms with Crippen molar-refractivity contribution in [3.05, 3.63) is 24.3 Å². The van der Waals surface area contributed by atoms with Gasteiger partial charge in [-0.1, -0.05) is 295 Å². The van der Waals surface area contributed by atoms with Gasteiger partial charge in [-0.15, -0.1) is 0 Å². The molecular formula is C63H121NO5. The van der Waals surface area contributed by atoms with E-state index in [1.807, 2.05) is 6.08 Å². The van der Waals surface area contributed by atoms with Gasteiger partial charge in [-0.05, 0) is 57.8 Å². The second-order valence-corrected chi connectivity index (χ2v) is 21.4. The topological polar surface area (TPSA) is 95.9 Å². The number of aliphatic hydroxyl groups excluding tert-OH is 2. The Morgan fingerprint density at radius 2 is 0.681 bits per heavy atom. The molecule has 2 atom stereocenters. The molecule has 0 aromatic heterocycles. The van der Waals surface area contributed by atoms with Gasteiger partial charge in [0.2, 0.25) is 5.91 Å². The first kappa shape index (κ1) is 67.3. The molecule has 0 bridgehead atoms. The fraction of sp³-hybridized carbons (Fsp3) is 0.905. The summed E-state index contributed by atoms with van der Waals surface area (Å²) in [6.45, 7) is 4.90. The maximum atomic E-state index is 12.5. The SMILES string of the molecule is CCCCCCCCCCCCCCCCCCCCCCCC/C=C/C(O)C(CO)NC(=O)CCCCCCC/C=C\CCCCCCCCCOC(=O)CCCCCCCCCCCCCC. The Hall–Kier alpha value is -1.66. The van der Waals surface area contributed by atoms with Crippen molar-refractivity contribution in [2.75, 3.05) is 13.2 Å². The minimum Gasteiger partial charge on any atom is -0.466 e. The second-order valence-electron chi connectivity index (χ2n) is 21.4. The Bertz CT molecular complexity index is 1080. The van der Waals surface area contributed by atoms with Crippen LogP contribution in [0, 0.1) is 0 Å². The third-order valence-corrected chi connectivity index (χ3v) is 14.5. The highest BCUT2D eigenvalue weighted by molar-refractivity contribution is 5.76. The lowest BCUT2D eigenvalue weighted by atomic mass is 10.0. The van der Waals surface area contributed by atoms with Gasteiger partial charge in [-0.2, -0.15) is 0 Å². The highest BCUT2D eigenvalue weighted by Crippen LogP contribution is 2.17. The van der Waals surface area contributed by atoms with E-state index in [4.69, 9.17) is 4.74 Å². The molecule has 1 amide bonds. The van der Waals surface area contributed by atoms with Gasteiger partial charge in [0.15, 0.2) is 0 Å². The lowest BCUT2D eigenvalue weighted by Crippen LogP contribution is -2.45. The predicted molar refractivity (Wildman–Crippen MR) is 301 cm³/mol. The van der Waals surface area contributed by atoms with E-state index >= 15 is 0 Å².